The van der Waals surface area contributed by atoms with E-state index in [2.05, 4.69) is 156 Å². The SMILES string of the molecule is c1ccc(-c2nc(-c3ccc(-n4c5ccc6ccccc6c5c5ccc6c(c54)Oc4ccccc4-c4ccccc4-6)cc3)nc3ccccc23)cc1. The van der Waals surface area contributed by atoms with Crippen molar-refractivity contribution < 1.29 is 4.74 Å². The van der Waals surface area contributed by atoms with Crippen LogP contribution in [0.3, 0.4) is 0 Å². The van der Waals surface area contributed by atoms with E-state index in [0.29, 0.717) is 5.82 Å². The van der Waals surface area contributed by atoms with E-state index in [1.165, 1.54) is 21.7 Å². The van der Waals surface area contributed by atoms with E-state index in [0.717, 1.165) is 78.0 Å². The Labute approximate surface area is 299 Å². The van der Waals surface area contributed by atoms with Gasteiger partial charge in [0.1, 0.15) is 5.75 Å². The van der Waals surface area contributed by atoms with Gasteiger partial charge >= 0.3 is 0 Å². The highest BCUT2D eigenvalue weighted by molar-refractivity contribution is 6.23. The molecule has 4 heteroatoms. The molecule has 1 aliphatic rings. The predicted molar refractivity (Wildman–Crippen MR) is 213 cm³/mol. The van der Waals surface area contributed by atoms with E-state index in [4.69, 9.17) is 14.7 Å². The normalized spacial score (nSPS) is 12.0. The van der Waals surface area contributed by atoms with E-state index in [1.54, 1.807) is 0 Å². The molecule has 0 atom stereocenters. The molecule has 2 aromatic heterocycles. The van der Waals surface area contributed by atoms with E-state index in [9.17, 15) is 0 Å². The van der Waals surface area contributed by atoms with E-state index in [-0.39, 0.29) is 0 Å². The summed E-state index contributed by atoms with van der Waals surface area (Å²) >= 11 is 0. The zero-order chi connectivity index (χ0) is 34.2. The molecule has 0 fully saturated rings. The van der Waals surface area contributed by atoms with Gasteiger partial charge in [-0.2, -0.15) is 0 Å². The fourth-order valence-corrected chi connectivity index (χ4v) is 8.05. The molecular weight excluding hydrogens is 635 g/mol. The smallest absolute Gasteiger partial charge is 0.160 e. The van der Waals surface area contributed by atoms with Crippen LogP contribution in [0.2, 0.25) is 0 Å². The Morgan fingerprint density at radius 3 is 1.98 bits per heavy atom. The number of aromatic nitrogens is 3. The second kappa shape index (κ2) is 11.2. The number of ether oxygens (including phenoxy) is 1. The van der Waals surface area contributed by atoms with Crippen LogP contribution in [-0.4, -0.2) is 14.5 Å². The van der Waals surface area contributed by atoms with Crippen LogP contribution in [0, 0.1) is 0 Å². The molecule has 8 aromatic carbocycles. The maximum absolute atomic E-state index is 7.05. The zero-order valence-electron chi connectivity index (χ0n) is 28.0. The molecule has 0 aliphatic carbocycles. The van der Waals surface area contributed by atoms with Crippen LogP contribution in [0.5, 0.6) is 11.5 Å². The van der Waals surface area contributed by atoms with Crippen molar-refractivity contribution in [2.75, 3.05) is 0 Å². The van der Waals surface area contributed by atoms with Crippen molar-refractivity contribution in [1.82, 2.24) is 14.5 Å². The van der Waals surface area contributed by atoms with Crippen molar-refractivity contribution in [3.63, 3.8) is 0 Å². The highest BCUT2D eigenvalue weighted by Crippen LogP contribution is 2.51. The first-order valence-corrected chi connectivity index (χ1v) is 17.6. The molecule has 10 aromatic rings. The highest BCUT2D eigenvalue weighted by Gasteiger charge is 2.26. The van der Waals surface area contributed by atoms with E-state index in [1.807, 2.05) is 24.3 Å². The van der Waals surface area contributed by atoms with Gasteiger partial charge in [0, 0.05) is 44.1 Å². The summed E-state index contributed by atoms with van der Waals surface area (Å²) in [6, 6.07) is 61.8. The van der Waals surface area contributed by atoms with Crippen LogP contribution in [0.25, 0.3) is 94.1 Å². The Balaban J connectivity index is 1.17. The lowest BCUT2D eigenvalue weighted by Crippen LogP contribution is -1.98. The van der Waals surface area contributed by atoms with Crippen LogP contribution >= 0.6 is 0 Å². The molecule has 0 saturated heterocycles. The largest absolute Gasteiger partial charge is 0.454 e. The lowest BCUT2D eigenvalue weighted by molar-refractivity contribution is 0.491. The van der Waals surface area contributed by atoms with Crippen molar-refractivity contribution in [3.05, 3.63) is 176 Å². The third-order valence-electron chi connectivity index (χ3n) is 10.4. The maximum Gasteiger partial charge on any atom is 0.160 e. The van der Waals surface area contributed by atoms with Gasteiger partial charge in [-0.3, -0.25) is 0 Å². The van der Waals surface area contributed by atoms with Crippen molar-refractivity contribution >= 4 is 43.5 Å². The summed E-state index contributed by atoms with van der Waals surface area (Å²) in [5, 5.41) is 5.82. The molecular formula is C48H29N3O. The quantitative estimate of drug-likeness (QED) is 0.189. The standard InChI is InChI=1S/C48H29N3O/c1-2-13-31(14-3-1)45-39-19-8-10-20-41(39)49-48(50-45)32-22-25-33(26-23-32)51-42-29-24-30-12-4-5-15-34(30)44(42)40-28-27-38-36-17-7-6-16-35(36)37-18-9-11-21-43(37)52-47(38)46(40)51/h1-29H. The minimum Gasteiger partial charge on any atom is -0.454 e. The number of nitrogens with zero attached hydrogens (tertiary/aromatic N) is 3. The van der Waals surface area contributed by atoms with Gasteiger partial charge in [0.15, 0.2) is 11.6 Å². The molecule has 11 rings (SSSR count). The van der Waals surface area contributed by atoms with Crippen LogP contribution in [0.15, 0.2) is 176 Å². The van der Waals surface area contributed by atoms with Crippen molar-refractivity contribution in [1.29, 1.82) is 0 Å². The molecule has 3 heterocycles. The third kappa shape index (κ3) is 4.28. The summed E-state index contributed by atoms with van der Waals surface area (Å²) in [6.45, 7) is 0. The number of fused-ring (bicyclic) bond motifs is 12. The Morgan fingerprint density at radius 1 is 0.442 bits per heavy atom. The lowest BCUT2D eigenvalue weighted by Gasteiger charge is -2.15. The number of hydrogen-bond acceptors (Lipinski definition) is 3. The summed E-state index contributed by atoms with van der Waals surface area (Å²) in [5.74, 6) is 2.40. The molecule has 0 N–H and O–H groups in total. The van der Waals surface area contributed by atoms with Crippen molar-refractivity contribution in [3.8, 4) is 62.1 Å². The van der Waals surface area contributed by atoms with Gasteiger partial charge in [-0.25, -0.2) is 9.97 Å². The number of para-hydroxylation sites is 2. The first kappa shape index (κ1) is 28.8. The Kier molecular flexibility index (Phi) is 6.22. The number of benzene rings is 8. The molecule has 0 bridgehead atoms. The monoisotopic (exact) mass is 663 g/mol. The van der Waals surface area contributed by atoms with Gasteiger partial charge in [-0.05, 0) is 70.4 Å². The van der Waals surface area contributed by atoms with Crippen molar-refractivity contribution in [2.45, 2.75) is 0 Å². The number of rotatable bonds is 3. The molecule has 1 aliphatic heterocycles. The van der Waals surface area contributed by atoms with E-state index >= 15 is 0 Å². The molecule has 0 unspecified atom stereocenters. The van der Waals surface area contributed by atoms with Crippen LogP contribution in [0.1, 0.15) is 0 Å². The van der Waals surface area contributed by atoms with Crippen molar-refractivity contribution in [2.24, 2.45) is 0 Å². The summed E-state index contributed by atoms with van der Waals surface area (Å²) in [4.78, 5) is 10.2. The van der Waals surface area contributed by atoms with Gasteiger partial charge in [0.25, 0.3) is 0 Å². The second-order valence-electron chi connectivity index (χ2n) is 13.3. The summed E-state index contributed by atoms with van der Waals surface area (Å²) in [7, 11) is 0. The Morgan fingerprint density at radius 2 is 1.13 bits per heavy atom. The molecule has 4 nitrogen and oxygen atoms in total. The second-order valence-corrected chi connectivity index (χ2v) is 13.3. The average Bonchev–Trinajstić information content (AvgIpc) is 3.49. The van der Waals surface area contributed by atoms with Gasteiger partial charge in [-0.15, -0.1) is 0 Å². The van der Waals surface area contributed by atoms with Gasteiger partial charge < -0.3 is 9.30 Å². The van der Waals surface area contributed by atoms with Gasteiger partial charge in [-0.1, -0.05) is 127 Å². The maximum atomic E-state index is 7.05. The molecule has 0 amide bonds. The summed E-state index contributed by atoms with van der Waals surface area (Å²) in [6.07, 6.45) is 0. The average molecular weight is 664 g/mol. The Hall–Kier alpha value is -7.04. The Bertz CT molecular complexity index is 3030. The topological polar surface area (TPSA) is 39.9 Å². The highest BCUT2D eigenvalue weighted by atomic mass is 16.5. The molecule has 52 heavy (non-hydrogen) atoms. The minimum absolute atomic E-state index is 0.697. The third-order valence-corrected chi connectivity index (χ3v) is 10.4. The van der Waals surface area contributed by atoms with Crippen LogP contribution in [-0.2, 0) is 0 Å². The molecule has 0 saturated carbocycles. The number of hydrogen-bond donors (Lipinski definition) is 0. The van der Waals surface area contributed by atoms with Crippen LogP contribution in [0.4, 0.5) is 0 Å². The molecule has 0 radical (unpaired) electrons. The lowest BCUT2D eigenvalue weighted by atomic mass is 9.94. The molecule has 242 valence electrons. The fraction of sp³-hybridized carbons (Fsp3) is 0. The fourth-order valence-electron chi connectivity index (χ4n) is 8.05. The van der Waals surface area contributed by atoms with Crippen LogP contribution < -0.4 is 4.74 Å². The zero-order valence-corrected chi connectivity index (χ0v) is 28.0. The minimum atomic E-state index is 0.697. The summed E-state index contributed by atoms with van der Waals surface area (Å²) in [5.41, 5.74) is 11.6. The van der Waals surface area contributed by atoms with E-state index < -0.39 is 0 Å². The predicted octanol–water partition coefficient (Wildman–Crippen LogP) is 12.7. The molecule has 0 spiro atoms. The van der Waals surface area contributed by atoms with Gasteiger partial charge in [0.2, 0.25) is 0 Å². The first-order valence-electron chi connectivity index (χ1n) is 17.6. The van der Waals surface area contributed by atoms with Gasteiger partial charge in [0.05, 0.1) is 22.2 Å². The first-order chi connectivity index (χ1) is 25.8. The summed E-state index contributed by atoms with van der Waals surface area (Å²) < 4.78 is 9.42.